The summed E-state index contributed by atoms with van der Waals surface area (Å²) in [5.74, 6) is 1.03. The molecule has 5 nitrogen and oxygen atoms in total. The second kappa shape index (κ2) is 5.60. The highest BCUT2D eigenvalue weighted by molar-refractivity contribution is 4.86. The van der Waals surface area contributed by atoms with Crippen molar-refractivity contribution in [3.63, 3.8) is 0 Å². The zero-order valence-corrected chi connectivity index (χ0v) is 10.9. The van der Waals surface area contributed by atoms with E-state index in [1.165, 1.54) is 0 Å². The smallest absolute Gasteiger partial charge is 0.133 e. The summed E-state index contributed by atoms with van der Waals surface area (Å²) in [5.41, 5.74) is 0. The van der Waals surface area contributed by atoms with E-state index < -0.39 is 0 Å². The molecule has 1 saturated heterocycles. The molecule has 0 aromatic carbocycles. The van der Waals surface area contributed by atoms with Crippen LogP contribution in [0.1, 0.15) is 32.5 Å². The van der Waals surface area contributed by atoms with Gasteiger partial charge >= 0.3 is 0 Å². The van der Waals surface area contributed by atoms with Crippen LogP contribution >= 0.6 is 0 Å². The first-order valence-corrected chi connectivity index (χ1v) is 6.37. The molecule has 0 aliphatic carbocycles. The van der Waals surface area contributed by atoms with E-state index in [-0.39, 0.29) is 0 Å². The van der Waals surface area contributed by atoms with Gasteiger partial charge in [-0.3, -0.25) is 0 Å². The summed E-state index contributed by atoms with van der Waals surface area (Å²) in [6, 6.07) is 0.571. The maximum absolute atomic E-state index is 5.72. The van der Waals surface area contributed by atoms with Gasteiger partial charge in [-0.25, -0.2) is 0 Å². The van der Waals surface area contributed by atoms with Crippen molar-refractivity contribution in [3.05, 3.63) is 12.2 Å². The Morgan fingerprint density at radius 2 is 2.12 bits per heavy atom. The van der Waals surface area contributed by atoms with Crippen LogP contribution in [-0.2, 0) is 18.2 Å². The maximum Gasteiger partial charge on any atom is 0.133 e. The van der Waals surface area contributed by atoms with Gasteiger partial charge in [-0.15, -0.1) is 10.2 Å². The molecule has 2 rings (SSSR count). The van der Waals surface area contributed by atoms with Gasteiger partial charge in [0.1, 0.15) is 12.2 Å². The average Bonchev–Trinajstić information content (AvgIpc) is 2.63. The molecule has 1 aromatic rings. The van der Waals surface area contributed by atoms with Gasteiger partial charge in [-0.2, -0.15) is 0 Å². The van der Waals surface area contributed by atoms with Crippen molar-refractivity contribution in [1.82, 2.24) is 20.1 Å². The van der Waals surface area contributed by atoms with Crippen LogP contribution in [0.2, 0.25) is 0 Å². The van der Waals surface area contributed by atoms with E-state index in [9.17, 15) is 0 Å². The summed E-state index contributed by atoms with van der Waals surface area (Å²) in [7, 11) is 1.98. The number of nitrogens with zero attached hydrogens (tertiary/aromatic N) is 3. The summed E-state index contributed by atoms with van der Waals surface area (Å²) in [4.78, 5) is 0. The minimum Gasteiger partial charge on any atom is -0.375 e. The predicted octanol–water partition coefficient (Wildman–Crippen LogP) is 0.903. The van der Waals surface area contributed by atoms with E-state index in [0.717, 1.165) is 31.6 Å². The number of hydrogen-bond donors (Lipinski definition) is 1. The molecule has 5 heteroatoms. The van der Waals surface area contributed by atoms with Gasteiger partial charge < -0.3 is 14.6 Å². The topological polar surface area (TPSA) is 52.0 Å². The third kappa shape index (κ3) is 3.51. The Morgan fingerprint density at radius 3 is 2.71 bits per heavy atom. The number of nitrogens with one attached hydrogen (secondary N) is 1. The Hall–Kier alpha value is -0.940. The molecule has 2 heterocycles. The molecule has 1 aliphatic heterocycles. The number of aromatic nitrogens is 3. The number of ether oxygens (including phenoxy) is 1. The molecule has 96 valence electrons. The highest BCUT2D eigenvalue weighted by Crippen LogP contribution is 2.18. The van der Waals surface area contributed by atoms with Crippen LogP contribution in [0, 0.1) is 0 Å². The van der Waals surface area contributed by atoms with Crippen molar-refractivity contribution in [2.45, 2.75) is 51.4 Å². The van der Waals surface area contributed by atoms with Crippen molar-refractivity contribution in [3.8, 4) is 0 Å². The fourth-order valence-corrected chi connectivity index (χ4v) is 2.49. The molecule has 1 fully saturated rings. The van der Waals surface area contributed by atoms with E-state index in [2.05, 4.69) is 29.4 Å². The lowest BCUT2D eigenvalue weighted by Crippen LogP contribution is -2.42. The molecule has 2 atom stereocenters. The number of aryl methyl sites for hydroxylation is 1. The second-order valence-electron chi connectivity index (χ2n) is 4.99. The van der Waals surface area contributed by atoms with Gasteiger partial charge in [-0.05, 0) is 26.7 Å². The summed E-state index contributed by atoms with van der Waals surface area (Å²) < 4.78 is 7.69. The molecule has 1 N–H and O–H groups in total. The van der Waals surface area contributed by atoms with Crippen molar-refractivity contribution < 1.29 is 4.74 Å². The van der Waals surface area contributed by atoms with Gasteiger partial charge in [0.15, 0.2) is 0 Å². The first-order chi connectivity index (χ1) is 8.15. The summed E-state index contributed by atoms with van der Waals surface area (Å²) in [6.07, 6.45) is 5.61. The van der Waals surface area contributed by atoms with E-state index in [1.807, 2.05) is 11.6 Å². The third-order valence-electron chi connectivity index (χ3n) is 3.28. The summed E-state index contributed by atoms with van der Waals surface area (Å²) in [6.45, 7) is 5.25. The van der Waals surface area contributed by atoms with Crippen LogP contribution in [0.5, 0.6) is 0 Å². The average molecular weight is 238 g/mol. The van der Waals surface area contributed by atoms with Crippen LogP contribution in [0.15, 0.2) is 6.33 Å². The molecule has 1 aromatic heterocycles. The highest BCUT2D eigenvalue weighted by Gasteiger charge is 2.23. The van der Waals surface area contributed by atoms with E-state index in [0.29, 0.717) is 18.2 Å². The van der Waals surface area contributed by atoms with Gasteiger partial charge in [-0.1, -0.05) is 0 Å². The Kier molecular flexibility index (Phi) is 4.12. The lowest BCUT2D eigenvalue weighted by Gasteiger charge is -2.32. The fourth-order valence-electron chi connectivity index (χ4n) is 2.49. The fraction of sp³-hybridized carbons (Fsp3) is 0.833. The molecule has 1 aliphatic rings. The quantitative estimate of drug-likeness (QED) is 0.847. The van der Waals surface area contributed by atoms with Crippen LogP contribution in [0.25, 0.3) is 0 Å². The van der Waals surface area contributed by atoms with Gasteiger partial charge in [0.2, 0.25) is 0 Å². The predicted molar refractivity (Wildman–Crippen MR) is 65.7 cm³/mol. The summed E-state index contributed by atoms with van der Waals surface area (Å²) in [5, 5.41) is 11.5. The number of rotatable bonds is 4. The maximum atomic E-state index is 5.72. The molecule has 0 amide bonds. The molecule has 0 radical (unpaired) electrons. The lowest BCUT2D eigenvalue weighted by atomic mass is 10.00. The third-order valence-corrected chi connectivity index (χ3v) is 3.28. The standard InChI is InChI=1S/C12H22N4O/c1-9-6-11(7-10(2)17-9)13-5-4-12-15-14-8-16(12)3/h8-11,13H,4-7H2,1-3H3. The van der Waals surface area contributed by atoms with E-state index >= 15 is 0 Å². The molecular formula is C12H22N4O. The Labute approximate surface area is 103 Å². The first kappa shape index (κ1) is 12.5. The molecular weight excluding hydrogens is 216 g/mol. The van der Waals surface area contributed by atoms with Crippen LogP contribution in [0.4, 0.5) is 0 Å². The van der Waals surface area contributed by atoms with Crippen LogP contribution in [0.3, 0.4) is 0 Å². The van der Waals surface area contributed by atoms with Crippen molar-refractivity contribution in [2.75, 3.05) is 6.54 Å². The minimum absolute atomic E-state index is 0.367. The van der Waals surface area contributed by atoms with Crippen molar-refractivity contribution in [1.29, 1.82) is 0 Å². The minimum atomic E-state index is 0.367. The molecule has 0 spiro atoms. The Morgan fingerprint density at radius 1 is 1.41 bits per heavy atom. The molecule has 0 saturated carbocycles. The van der Waals surface area contributed by atoms with Crippen LogP contribution in [-0.4, -0.2) is 39.6 Å². The van der Waals surface area contributed by atoms with Gasteiger partial charge in [0, 0.05) is 26.1 Å². The van der Waals surface area contributed by atoms with E-state index in [4.69, 9.17) is 4.74 Å². The Balaban J connectivity index is 1.73. The summed E-state index contributed by atoms with van der Waals surface area (Å²) >= 11 is 0. The van der Waals surface area contributed by atoms with Gasteiger partial charge in [0.25, 0.3) is 0 Å². The van der Waals surface area contributed by atoms with E-state index in [1.54, 1.807) is 6.33 Å². The number of hydrogen-bond acceptors (Lipinski definition) is 4. The zero-order valence-electron chi connectivity index (χ0n) is 10.9. The van der Waals surface area contributed by atoms with Crippen molar-refractivity contribution in [2.24, 2.45) is 7.05 Å². The van der Waals surface area contributed by atoms with Crippen LogP contribution < -0.4 is 5.32 Å². The zero-order chi connectivity index (χ0) is 12.3. The SMILES string of the molecule is CC1CC(NCCc2nncn2C)CC(C)O1. The van der Waals surface area contributed by atoms with Gasteiger partial charge in [0.05, 0.1) is 12.2 Å². The lowest BCUT2D eigenvalue weighted by molar-refractivity contribution is -0.0419. The second-order valence-corrected chi connectivity index (χ2v) is 4.99. The molecule has 0 bridgehead atoms. The Bertz CT molecular complexity index is 342. The first-order valence-electron chi connectivity index (χ1n) is 6.37. The molecule has 2 unspecified atom stereocenters. The molecule has 17 heavy (non-hydrogen) atoms. The van der Waals surface area contributed by atoms with Crippen molar-refractivity contribution >= 4 is 0 Å². The largest absolute Gasteiger partial charge is 0.375 e. The monoisotopic (exact) mass is 238 g/mol. The highest BCUT2D eigenvalue weighted by atomic mass is 16.5. The normalized spacial score (nSPS) is 29.5.